The van der Waals surface area contributed by atoms with Crippen LogP contribution in [0.1, 0.15) is 27.9 Å². The van der Waals surface area contributed by atoms with Gasteiger partial charge in [0.05, 0.1) is 12.8 Å². The van der Waals surface area contributed by atoms with E-state index in [4.69, 9.17) is 14.2 Å². The van der Waals surface area contributed by atoms with Gasteiger partial charge in [0, 0.05) is 18.4 Å². The zero-order valence-electron chi connectivity index (χ0n) is 20.6. The van der Waals surface area contributed by atoms with Gasteiger partial charge in [0.15, 0.2) is 6.61 Å². The second kappa shape index (κ2) is 12.3. The van der Waals surface area contributed by atoms with Crippen LogP contribution in [0.5, 0.6) is 11.6 Å². The molecule has 0 bridgehead atoms. The fraction of sp³-hybridized carbons (Fsp3) is 0.172. The number of aryl methyl sites for hydroxylation is 1. The third kappa shape index (κ3) is 6.69. The summed E-state index contributed by atoms with van der Waals surface area (Å²) in [4.78, 5) is 16.4. The highest BCUT2D eigenvalue weighted by atomic mass is 16.5. The molecule has 0 saturated carbocycles. The van der Waals surface area contributed by atoms with Crippen LogP contribution < -0.4 is 14.9 Å². The quantitative estimate of drug-likeness (QED) is 0.254. The number of rotatable bonds is 10. The lowest BCUT2D eigenvalue weighted by atomic mass is 10.1. The van der Waals surface area contributed by atoms with Gasteiger partial charge in [-0.05, 0) is 47.0 Å². The topological polar surface area (TPSA) is 106 Å². The van der Waals surface area contributed by atoms with Crippen LogP contribution in [0, 0.1) is 18.3 Å². The second-order valence-corrected chi connectivity index (χ2v) is 8.23. The van der Waals surface area contributed by atoms with Crippen LogP contribution in [-0.2, 0) is 22.7 Å². The first-order valence-electron chi connectivity index (χ1n) is 11.6. The molecule has 0 unspecified atom stereocenters. The Balaban J connectivity index is 1.32. The van der Waals surface area contributed by atoms with Crippen molar-refractivity contribution in [2.24, 2.45) is 5.10 Å². The molecule has 0 spiro atoms. The Hall–Kier alpha value is -4.74. The molecular weight excluding hydrogens is 468 g/mol. The fourth-order valence-electron chi connectivity index (χ4n) is 3.81. The summed E-state index contributed by atoms with van der Waals surface area (Å²) >= 11 is 0. The number of nitrogens with zero attached hydrogens (tertiary/aromatic N) is 3. The minimum atomic E-state index is -0.486. The average molecular weight is 495 g/mol. The lowest BCUT2D eigenvalue weighted by Gasteiger charge is -2.10. The SMILES string of the molecule is COCc1cc(C)nc(OCC(=O)N/N=C\c2cccc(OCc3cccc4ccccc34)c2)c1C#N. The number of fused-ring (bicyclic) bond motifs is 1. The van der Waals surface area contributed by atoms with Crippen LogP contribution in [0.2, 0.25) is 0 Å². The van der Waals surface area contributed by atoms with E-state index in [0.717, 1.165) is 16.5 Å². The van der Waals surface area contributed by atoms with Crippen molar-refractivity contribution < 1.29 is 19.0 Å². The van der Waals surface area contributed by atoms with Crippen molar-refractivity contribution >= 4 is 22.9 Å². The number of pyridine rings is 1. The summed E-state index contributed by atoms with van der Waals surface area (Å²) in [5.41, 5.74) is 5.82. The summed E-state index contributed by atoms with van der Waals surface area (Å²) in [6, 6.07) is 25.6. The summed E-state index contributed by atoms with van der Waals surface area (Å²) in [6.45, 7) is 2.10. The molecule has 1 N–H and O–H groups in total. The number of carbonyl (C=O) groups excluding carboxylic acids is 1. The molecule has 8 heteroatoms. The number of benzene rings is 3. The maximum atomic E-state index is 12.2. The van der Waals surface area contributed by atoms with Gasteiger partial charge in [-0.15, -0.1) is 0 Å². The molecule has 1 heterocycles. The predicted molar refractivity (Wildman–Crippen MR) is 140 cm³/mol. The zero-order valence-corrected chi connectivity index (χ0v) is 20.6. The van der Waals surface area contributed by atoms with Crippen LogP contribution in [0.25, 0.3) is 10.8 Å². The van der Waals surface area contributed by atoms with Gasteiger partial charge in [-0.3, -0.25) is 4.79 Å². The van der Waals surface area contributed by atoms with Crippen molar-refractivity contribution in [3.05, 3.63) is 101 Å². The Morgan fingerprint density at radius 3 is 2.68 bits per heavy atom. The smallest absolute Gasteiger partial charge is 0.278 e. The van der Waals surface area contributed by atoms with Gasteiger partial charge in [0.2, 0.25) is 5.88 Å². The van der Waals surface area contributed by atoms with E-state index in [1.807, 2.05) is 42.5 Å². The zero-order chi connectivity index (χ0) is 26.0. The maximum absolute atomic E-state index is 12.2. The van der Waals surface area contributed by atoms with E-state index in [-0.39, 0.29) is 24.7 Å². The molecule has 0 radical (unpaired) electrons. The first-order chi connectivity index (χ1) is 18.1. The van der Waals surface area contributed by atoms with E-state index in [2.05, 4.69) is 45.8 Å². The van der Waals surface area contributed by atoms with Crippen molar-refractivity contribution in [1.82, 2.24) is 10.4 Å². The molecule has 0 saturated heterocycles. The number of aromatic nitrogens is 1. The van der Waals surface area contributed by atoms with Crippen molar-refractivity contribution in [2.45, 2.75) is 20.1 Å². The van der Waals surface area contributed by atoms with Crippen molar-refractivity contribution in [1.29, 1.82) is 5.26 Å². The first kappa shape index (κ1) is 25.4. The number of nitrogens with one attached hydrogen (secondary N) is 1. The van der Waals surface area contributed by atoms with E-state index < -0.39 is 5.91 Å². The van der Waals surface area contributed by atoms with Crippen LogP contribution >= 0.6 is 0 Å². The van der Waals surface area contributed by atoms with Gasteiger partial charge in [-0.1, -0.05) is 54.6 Å². The third-order valence-corrected chi connectivity index (χ3v) is 5.48. The largest absolute Gasteiger partial charge is 0.489 e. The molecule has 186 valence electrons. The molecule has 0 aliphatic rings. The Labute approximate surface area is 215 Å². The minimum Gasteiger partial charge on any atom is -0.489 e. The average Bonchev–Trinajstić information content (AvgIpc) is 2.91. The molecule has 37 heavy (non-hydrogen) atoms. The number of hydrogen-bond donors (Lipinski definition) is 1. The summed E-state index contributed by atoms with van der Waals surface area (Å²) in [7, 11) is 1.54. The van der Waals surface area contributed by atoms with Gasteiger partial charge < -0.3 is 14.2 Å². The molecule has 0 aliphatic carbocycles. The van der Waals surface area contributed by atoms with Crippen LogP contribution in [-0.4, -0.2) is 30.8 Å². The molecule has 8 nitrogen and oxygen atoms in total. The van der Waals surface area contributed by atoms with Crippen LogP contribution in [0.4, 0.5) is 0 Å². The maximum Gasteiger partial charge on any atom is 0.278 e. The van der Waals surface area contributed by atoms with Crippen LogP contribution in [0.3, 0.4) is 0 Å². The summed E-state index contributed by atoms with van der Waals surface area (Å²) < 4.78 is 16.6. The van der Waals surface area contributed by atoms with E-state index in [1.54, 1.807) is 13.0 Å². The van der Waals surface area contributed by atoms with E-state index in [1.165, 1.54) is 18.7 Å². The Kier molecular flexibility index (Phi) is 8.42. The third-order valence-electron chi connectivity index (χ3n) is 5.48. The Morgan fingerprint density at radius 1 is 1.03 bits per heavy atom. The molecule has 4 rings (SSSR count). The molecule has 4 aromatic rings. The molecule has 0 atom stereocenters. The lowest BCUT2D eigenvalue weighted by molar-refractivity contribution is -0.123. The summed E-state index contributed by atoms with van der Waals surface area (Å²) in [5, 5.41) is 15.8. The molecule has 1 aromatic heterocycles. The molecular formula is C29H26N4O4. The van der Waals surface area contributed by atoms with Crippen molar-refractivity contribution in [2.75, 3.05) is 13.7 Å². The number of nitriles is 1. The van der Waals surface area contributed by atoms with E-state index in [0.29, 0.717) is 23.6 Å². The normalized spacial score (nSPS) is 10.8. The van der Waals surface area contributed by atoms with Gasteiger partial charge in [-0.2, -0.15) is 10.4 Å². The predicted octanol–water partition coefficient (Wildman–Crippen LogP) is 4.67. The number of methoxy groups -OCH3 is 1. The monoisotopic (exact) mass is 494 g/mol. The lowest BCUT2D eigenvalue weighted by Crippen LogP contribution is -2.25. The number of hydrogen-bond acceptors (Lipinski definition) is 7. The van der Waals surface area contributed by atoms with Crippen molar-refractivity contribution in [3.63, 3.8) is 0 Å². The van der Waals surface area contributed by atoms with Gasteiger partial charge in [-0.25, -0.2) is 10.4 Å². The van der Waals surface area contributed by atoms with Gasteiger partial charge >= 0.3 is 0 Å². The molecule has 1 amide bonds. The highest BCUT2D eigenvalue weighted by Gasteiger charge is 2.14. The number of carbonyl (C=O) groups is 1. The summed E-state index contributed by atoms with van der Waals surface area (Å²) in [6.07, 6.45) is 1.52. The second-order valence-electron chi connectivity index (χ2n) is 8.23. The van der Waals surface area contributed by atoms with E-state index >= 15 is 0 Å². The highest BCUT2D eigenvalue weighted by Crippen LogP contribution is 2.22. The Bertz CT molecular complexity index is 1470. The van der Waals surface area contributed by atoms with Crippen LogP contribution in [0.15, 0.2) is 77.9 Å². The number of ether oxygens (including phenoxy) is 3. The first-order valence-corrected chi connectivity index (χ1v) is 11.6. The highest BCUT2D eigenvalue weighted by molar-refractivity contribution is 5.85. The van der Waals surface area contributed by atoms with Crippen molar-refractivity contribution in [3.8, 4) is 17.7 Å². The standard InChI is InChI=1S/C29H26N4O4/c1-20-13-24(17-35-2)27(15-30)29(32-20)37-19-28(34)33-31-16-21-7-5-11-25(14-21)36-18-23-10-6-9-22-8-3-4-12-26(22)23/h3-14,16H,17-19H2,1-2H3,(H,33,34)/b31-16-. The minimum absolute atomic E-state index is 0.0877. The van der Waals surface area contributed by atoms with Gasteiger partial charge in [0.1, 0.15) is 24.0 Å². The van der Waals surface area contributed by atoms with Gasteiger partial charge in [0.25, 0.3) is 5.91 Å². The molecule has 0 fully saturated rings. The van der Waals surface area contributed by atoms with E-state index in [9.17, 15) is 10.1 Å². The summed E-state index contributed by atoms with van der Waals surface area (Å²) in [5.74, 6) is 0.290. The molecule has 3 aromatic carbocycles. The Morgan fingerprint density at radius 2 is 1.84 bits per heavy atom. The fourth-order valence-corrected chi connectivity index (χ4v) is 3.81. The number of hydrazone groups is 1. The number of amides is 1. The molecule has 0 aliphatic heterocycles.